The van der Waals surface area contributed by atoms with Crippen LogP contribution in [0, 0.1) is 0 Å². The minimum absolute atomic E-state index is 0.172. The maximum Gasteiger partial charge on any atom is 0.158 e. The van der Waals surface area contributed by atoms with E-state index < -0.39 is 0 Å². The molecule has 3 nitrogen and oxygen atoms in total. The predicted octanol–water partition coefficient (Wildman–Crippen LogP) is 3.39. The highest BCUT2D eigenvalue weighted by atomic mass is 79.9. The van der Waals surface area contributed by atoms with Crippen molar-refractivity contribution in [1.82, 2.24) is 0 Å². The second-order valence-corrected chi connectivity index (χ2v) is 5.02. The lowest BCUT2D eigenvalue weighted by molar-refractivity contribution is -0.116. The first kappa shape index (κ1) is 12.2. The largest absolute Gasteiger partial charge is 0.504 e. The fourth-order valence-electron chi connectivity index (χ4n) is 1.92. The summed E-state index contributed by atoms with van der Waals surface area (Å²) in [6.07, 6.45) is 5.16. The van der Waals surface area contributed by atoms with Crippen LogP contribution in [0.5, 0.6) is 11.5 Å². The summed E-state index contributed by atoms with van der Waals surface area (Å²) in [5.41, 5.74) is 1.51. The number of carbonyl (C=O) groups excluding carboxylic acids is 1. The lowest BCUT2D eigenvalue weighted by atomic mass is 9.92. The van der Waals surface area contributed by atoms with Crippen molar-refractivity contribution in [2.24, 2.45) is 0 Å². The van der Waals surface area contributed by atoms with E-state index in [1.165, 1.54) is 12.1 Å². The van der Waals surface area contributed by atoms with Crippen LogP contribution in [-0.4, -0.2) is 16.0 Å². The molecule has 0 aliphatic heterocycles. The number of benzene rings is 1. The van der Waals surface area contributed by atoms with Crippen LogP contribution >= 0.6 is 15.9 Å². The van der Waals surface area contributed by atoms with Crippen LogP contribution in [-0.2, 0) is 4.79 Å². The highest BCUT2D eigenvalue weighted by Gasteiger charge is 2.15. The average molecular weight is 297 g/mol. The average Bonchev–Trinajstić information content (AvgIpc) is 2.29. The molecule has 0 amide bonds. The first-order chi connectivity index (χ1) is 8.08. The highest BCUT2D eigenvalue weighted by Crippen LogP contribution is 2.33. The van der Waals surface area contributed by atoms with E-state index >= 15 is 0 Å². The Bertz CT molecular complexity index is 492. The molecule has 0 unspecified atom stereocenters. The zero-order valence-corrected chi connectivity index (χ0v) is 10.8. The van der Waals surface area contributed by atoms with Crippen LogP contribution in [0.4, 0.5) is 0 Å². The summed E-state index contributed by atoms with van der Waals surface area (Å²) >= 11 is 3.30. The minimum Gasteiger partial charge on any atom is -0.504 e. The standard InChI is InChI=1S/C13H13BrO3/c14-10-7-13(17)12(16)6-9(10)5-8-3-1-2-4-11(8)15/h5-7,16-17H,1-4H2/b8-5+. The molecule has 1 saturated carbocycles. The number of phenolic OH excluding ortho intramolecular Hbond substituents is 2. The lowest BCUT2D eigenvalue weighted by Crippen LogP contribution is -2.08. The summed E-state index contributed by atoms with van der Waals surface area (Å²) in [5, 5.41) is 18.7. The molecule has 0 spiro atoms. The molecule has 0 aromatic heterocycles. The fraction of sp³-hybridized carbons (Fsp3) is 0.308. The zero-order valence-electron chi connectivity index (χ0n) is 9.24. The lowest BCUT2D eigenvalue weighted by Gasteiger charge is -2.13. The van der Waals surface area contributed by atoms with Crippen LogP contribution in [0.3, 0.4) is 0 Å². The van der Waals surface area contributed by atoms with E-state index in [4.69, 9.17) is 0 Å². The van der Waals surface area contributed by atoms with Gasteiger partial charge >= 0.3 is 0 Å². The van der Waals surface area contributed by atoms with Gasteiger partial charge in [-0.2, -0.15) is 0 Å². The van der Waals surface area contributed by atoms with Gasteiger partial charge in [0.15, 0.2) is 17.3 Å². The molecule has 0 heterocycles. The quantitative estimate of drug-likeness (QED) is 0.617. The van der Waals surface area contributed by atoms with Gasteiger partial charge in [0.1, 0.15) is 0 Å². The minimum atomic E-state index is -0.177. The van der Waals surface area contributed by atoms with Crippen LogP contribution < -0.4 is 0 Å². The summed E-state index contributed by atoms with van der Waals surface area (Å²) in [4.78, 5) is 11.7. The number of halogens is 1. The summed E-state index contributed by atoms with van der Waals surface area (Å²) < 4.78 is 0.665. The molecule has 4 heteroatoms. The molecule has 1 aliphatic rings. The second-order valence-electron chi connectivity index (χ2n) is 4.16. The van der Waals surface area contributed by atoms with Gasteiger partial charge in [0.2, 0.25) is 0 Å². The molecule has 0 saturated heterocycles. The molecular formula is C13H13BrO3. The van der Waals surface area contributed by atoms with Crippen molar-refractivity contribution in [2.75, 3.05) is 0 Å². The van der Waals surface area contributed by atoms with Crippen molar-refractivity contribution in [2.45, 2.75) is 25.7 Å². The van der Waals surface area contributed by atoms with Gasteiger partial charge in [-0.3, -0.25) is 4.79 Å². The molecule has 90 valence electrons. The second kappa shape index (κ2) is 4.92. The monoisotopic (exact) mass is 296 g/mol. The smallest absolute Gasteiger partial charge is 0.158 e. The van der Waals surface area contributed by atoms with Gasteiger partial charge in [0, 0.05) is 10.9 Å². The Balaban J connectivity index is 2.37. The van der Waals surface area contributed by atoms with Gasteiger partial charge < -0.3 is 10.2 Å². The number of hydrogen-bond acceptors (Lipinski definition) is 3. The fourth-order valence-corrected chi connectivity index (χ4v) is 2.37. The Labute approximate surface area is 108 Å². The van der Waals surface area contributed by atoms with E-state index in [1.807, 2.05) is 0 Å². The molecule has 0 bridgehead atoms. The number of Topliss-reactive ketones (excluding diaryl/α,β-unsaturated/α-hetero) is 1. The number of phenols is 2. The molecule has 1 fully saturated rings. The Morgan fingerprint density at radius 1 is 1.12 bits per heavy atom. The summed E-state index contributed by atoms with van der Waals surface area (Å²) in [5.74, 6) is -0.173. The molecule has 17 heavy (non-hydrogen) atoms. The van der Waals surface area contributed by atoms with Crippen LogP contribution in [0.15, 0.2) is 22.2 Å². The van der Waals surface area contributed by atoms with Gasteiger partial charge in [-0.15, -0.1) is 0 Å². The Hall–Kier alpha value is -1.29. The van der Waals surface area contributed by atoms with E-state index in [-0.39, 0.29) is 17.3 Å². The van der Waals surface area contributed by atoms with Crippen molar-refractivity contribution in [1.29, 1.82) is 0 Å². The van der Waals surface area contributed by atoms with Crippen molar-refractivity contribution in [3.05, 3.63) is 27.7 Å². The third kappa shape index (κ3) is 2.69. The number of hydrogen-bond donors (Lipinski definition) is 2. The summed E-state index contributed by atoms with van der Waals surface area (Å²) in [7, 11) is 0. The Morgan fingerprint density at radius 2 is 1.76 bits per heavy atom. The third-order valence-electron chi connectivity index (χ3n) is 2.88. The van der Waals surface area contributed by atoms with E-state index in [2.05, 4.69) is 15.9 Å². The molecule has 1 aromatic carbocycles. The number of allylic oxidation sites excluding steroid dienone is 1. The molecule has 0 atom stereocenters. The van der Waals surface area contributed by atoms with Crippen LogP contribution in [0.1, 0.15) is 31.2 Å². The third-order valence-corrected chi connectivity index (χ3v) is 3.57. The normalized spacial score (nSPS) is 18.6. The van der Waals surface area contributed by atoms with E-state index in [1.54, 1.807) is 6.08 Å². The zero-order chi connectivity index (χ0) is 12.4. The van der Waals surface area contributed by atoms with Gasteiger partial charge in [0.25, 0.3) is 0 Å². The number of aromatic hydroxyl groups is 2. The van der Waals surface area contributed by atoms with E-state index in [9.17, 15) is 15.0 Å². The van der Waals surface area contributed by atoms with Crippen molar-refractivity contribution < 1.29 is 15.0 Å². The molecule has 2 rings (SSSR count). The summed E-state index contributed by atoms with van der Waals surface area (Å²) in [6, 6.07) is 2.88. The topological polar surface area (TPSA) is 57.5 Å². The number of carbonyl (C=O) groups is 1. The number of ketones is 1. The molecule has 1 aromatic rings. The predicted molar refractivity (Wildman–Crippen MR) is 68.9 cm³/mol. The highest BCUT2D eigenvalue weighted by molar-refractivity contribution is 9.10. The first-order valence-corrected chi connectivity index (χ1v) is 6.32. The van der Waals surface area contributed by atoms with Crippen LogP contribution in [0.2, 0.25) is 0 Å². The van der Waals surface area contributed by atoms with Crippen molar-refractivity contribution >= 4 is 27.8 Å². The van der Waals surface area contributed by atoms with E-state index in [0.29, 0.717) is 16.5 Å². The molecular weight excluding hydrogens is 284 g/mol. The first-order valence-electron chi connectivity index (χ1n) is 5.53. The van der Waals surface area contributed by atoms with Crippen LogP contribution in [0.25, 0.3) is 6.08 Å². The van der Waals surface area contributed by atoms with Gasteiger partial charge in [-0.1, -0.05) is 15.9 Å². The number of rotatable bonds is 1. The maximum atomic E-state index is 11.7. The van der Waals surface area contributed by atoms with E-state index in [0.717, 1.165) is 24.8 Å². The van der Waals surface area contributed by atoms with Gasteiger partial charge in [-0.25, -0.2) is 0 Å². The molecule has 1 aliphatic carbocycles. The Kier molecular flexibility index (Phi) is 3.52. The van der Waals surface area contributed by atoms with Crippen molar-refractivity contribution in [3.8, 4) is 11.5 Å². The SMILES string of the molecule is O=C1CCCC/C1=C\c1cc(O)c(O)cc1Br. The molecule has 2 N–H and O–H groups in total. The maximum absolute atomic E-state index is 11.7. The Morgan fingerprint density at radius 3 is 2.47 bits per heavy atom. The van der Waals surface area contributed by atoms with Gasteiger partial charge in [0.05, 0.1) is 0 Å². The van der Waals surface area contributed by atoms with Gasteiger partial charge in [-0.05, 0) is 48.6 Å². The summed E-state index contributed by atoms with van der Waals surface area (Å²) in [6.45, 7) is 0. The molecule has 0 radical (unpaired) electrons. The van der Waals surface area contributed by atoms with Crippen molar-refractivity contribution in [3.63, 3.8) is 0 Å².